The lowest BCUT2D eigenvalue weighted by Gasteiger charge is -2.32. The molecule has 4 rings (SSSR count). The van der Waals surface area contributed by atoms with E-state index in [1.165, 1.54) is 0 Å². The number of amides is 2. The molecular formula is C30H32Cl2N2O2S. The second-order valence-electron chi connectivity index (χ2n) is 9.40. The minimum absolute atomic E-state index is 0.0427. The highest BCUT2D eigenvalue weighted by atomic mass is 35.5. The third-order valence-electron chi connectivity index (χ3n) is 6.64. The van der Waals surface area contributed by atoms with Gasteiger partial charge in [0, 0.05) is 46.1 Å². The molecule has 3 aromatic rings. The van der Waals surface area contributed by atoms with Crippen molar-refractivity contribution in [2.75, 3.05) is 5.75 Å². The molecule has 4 nitrogen and oxygen atoms in total. The molecule has 194 valence electrons. The van der Waals surface area contributed by atoms with Gasteiger partial charge in [0.05, 0.1) is 0 Å². The molecule has 1 saturated carbocycles. The monoisotopic (exact) mass is 554 g/mol. The van der Waals surface area contributed by atoms with Crippen LogP contribution in [0.2, 0.25) is 10.0 Å². The van der Waals surface area contributed by atoms with E-state index in [1.54, 1.807) is 16.7 Å². The molecule has 0 spiro atoms. The molecule has 0 aromatic heterocycles. The number of halogens is 2. The third-order valence-corrected chi connectivity index (χ3v) is 8.15. The molecule has 0 aliphatic heterocycles. The average Bonchev–Trinajstić information content (AvgIpc) is 3.42. The summed E-state index contributed by atoms with van der Waals surface area (Å²) in [5.41, 5.74) is 1.97. The van der Waals surface area contributed by atoms with Crippen molar-refractivity contribution < 1.29 is 9.59 Å². The van der Waals surface area contributed by atoms with Gasteiger partial charge in [0.1, 0.15) is 6.04 Å². The number of thioether (sulfide) groups is 1. The first-order valence-corrected chi connectivity index (χ1v) is 14.5. The Labute approximate surface area is 233 Å². The van der Waals surface area contributed by atoms with Gasteiger partial charge in [-0.05, 0) is 60.4 Å². The van der Waals surface area contributed by atoms with Crippen molar-refractivity contribution in [3.05, 3.63) is 100 Å². The molecule has 1 atom stereocenters. The van der Waals surface area contributed by atoms with Crippen molar-refractivity contribution in [3.63, 3.8) is 0 Å². The summed E-state index contributed by atoms with van der Waals surface area (Å²) >= 11 is 13.7. The molecule has 1 aliphatic rings. The number of hydrogen-bond donors (Lipinski definition) is 1. The zero-order valence-electron chi connectivity index (χ0n) is 20.7. The summed E-state index contributed by atoms with van der Waals surface area (Å²) in [7, 11) is 0. The maximum absolute atomic E-state index is 13.7. The highest BCUT2D eigenvalue weighted by Crippen LogP contribution is 2.24. The highest BCUT2D eigenvalue weighted by molar-refractivity contribution is 7.99. The van der Waals surface area contributed by atoms with Gasteiger partial charge in [-0.15, -0.1) is 11.8 Å². The highest BCUT2D eigenvalue weighted by Gasteiger charge is 2.32. The van der Waals surface area contributed by atoms with Crippen LogP contribution in [0.25, 0.3) is 0 Å². The molecule has 0 bridgehead atoms. The maximum Gasteiger partial charge on any atom is 0.243 e. The zero-order valence-corrected chi connectivity index (χ0v) is 23.1. The fourth-order valence-corrected chi connectivity index (χ4v) is 5.73. The van der Waals surface area contributed by atoms with Crippen molar-refractivity contribution in [1.82, 2.24) is 10.2 Å². The van der Waals surface area contributed by atoms with Crippen LogP contribution in [0.1, 0.15) is 43.2 Å². The van der Waals surface area contributed by atoms with Crippen LogP contribution in [0.15, 0.2) is 83.8 Å². The van der Waals surface area contributed by atoms with Crippen molar-refractivity contribution >= 4 is 46.8 Å². The Kier molecular flexibility index (Phi) is 10.4. The molecule has 7 heteroatoms. The van der Waals surface area contributed by atoms with Crippen molar-refractivity contribution in [1.29, 1.82) is 0 Å². The van der Waals surface area contributed by atoms with Crippen molar-refractivity contribution in [2.24, 2.45) is 0 Å². The summed E-state index contributed by atoms with van der Waals surface area (Å²) < 4.78 is 0. The average molecular weight is 556 g/mol. The summed E-state index contributed by atoms with van der Waals surface area (Å²) in [6, 6.07) is 24.6. The summed E-state index contributed by atoms with van der Waals surface area (Å²) in [6.07, 6.45) is 5.03. The minimum atomic E-state index is -0.605. The molecular weight excluding hydrogens is 523 g/mol. The van der Waals surface area contributed by atoms with Gasteiger partial charge < -0.3 is 10.2 Å². The van der Waals surface area contributed by atoms with E-state index in [0.29, 0.717) is 35.2 Å². The topological polar surface area (TPSA) is 49.4 Å². The number of rotatable bonds is 11. The van der Waals surface area contributed by atoms with Crippen LogP contribution in [0.5, 0.6) is 0 Å². The van der Waals surface area contributed by atoms with E-state index in [-0.39, 0.29) is 17.9 Å². The normalized spacial score (nSPS) is 14.3. The number of nitrogens with zero attached hydrogens (tertiary/aromatic N) is 1. The predicted octanol–water partition coefficient (Wildman–Crippen LogP) is 7.17. The van der Waals surface area contributed by atoms with E-state index in [1.807, 2.05) is 78.9 Å². The molecule has 1 aliphatic carbocycles. The summed E-state index contributed by atoms with van der Waals surface area (Å²) in [4.78, 5) is 30.2. The Bertz CT molecular complexity index is 1150. The van der Waals surface area contributed by atoms with Gasteiger partial charge in [-0.2, -0.15) is 0 Å². The Morgan fingerprint density at radius 3 is 2.14 bits per heavy atom. The molecule has 2 amide bonds. The van der Waals surface area contributed by atoms with E-state index >= 15 is 0 Å². The second kappa shape index (κ2) is 13.9. The Morgan fingerprint density at radius 2 is 1.49 bits per heavy atom. The number of carbonyl (C=O) groups excluding carboxylic acids is 2. The maximum atomic E-state index is 13.7. The molecule has 0 unspecified atom stereocenters. The SMILES string of the molecule is O=C(NC1CCCC1)[C@H](Cc1ccccc1)N(Cc1ccc(Cl)cc1)C(=O)CCSc1ccc(Cl)cc1. The molecule has 0 radical (unpaired) electrons. The molecule has 0 heterocycles. The fraction of sp³-hybridized carbons (Fsp3) is 0.333. The van der Waals surface area contributed by atoms with Gasteiger partial charge >= 0.3 is 0 Å². The van der Waals surface area contributed by atoms with E-state index in [4.69, 9.17) is 23.2 Å². The Morgan fingerprint density at radius 1 is 0.865 bits per heavy atom. The quantitative estimate of drug-likeness (QED) is 0.255. The molecule has 3 aromatic carbocycles. The summed E-state index contributed by atoms with van der Waals surface area (Å²) in [6.45, 7) is 0.344. The third kappa shape index (κ3) is 8.53. The smallest absolute Gasteiger partial charge is 0.243 e. The standard InChI is InChI=1S/C30H32Cl2N2O2S/c31-24-12-10-23(11-13-24)21-34(29(35)18-19-37-27-16-14-25(32)15-17-27)28(20-22-6-2-1-3-7-22)30(36)33-26-8-4-5-9-26/h1-3,6-7,10-17,26,28H,4-5,8-9,18-21H2,(H,33,36)/t28-/m0/s1. The molecule has 1 fully saturated rings. The number of hydrogen-bond acceptors (Lipinski definition) is 3. The van der Waals surface area contributed by atoms with E-state index < -0.39 is 6.04 Å². The lowest BCUT2D eigenvalue weighted by molar-refractivity contribution is -0.141. The second-order valence-corrected chi connectivity index (χ2v) is 11.4. The van der Waals surface area contributed by atoms with Crippen LogP contribution in [-0.4, -0.2) is 34.6 Å². The Hall–Kier alpha value is -2.47. The first-order valence-electron chi connectivity index (χ1n) is 12.7. The Balaban J connectivity index is 1.55. The van der Waals surface area contributed by atoms with E-state index in [2.05, 4.69) is 5.32 Å². The fourth-order valence-electron chi connectivity index (χ4n) is 4.64. The molecule has 37 heavy (non-hydrogen) atoms. The number of carbonyl (C=O) groups is 2. The van der Waals surface area contributed by atoms with Crippen LogP contribution in [-0.2, 0) is 22.6 Å². The van der Waals surface area contributed by atoms with Gasteiger partial charge in [0.25, 0.3) is 0 Å². The largest absolute Gasteiger partial charge is 0.352 e. The van der Waals surface area contributed by atoms with Crippen molar-refractivity contribution in [2.45, 2.75) is 62.0 Å². The summed E-state index contributed by atoms with van der Waals surface area (Å²) in [5, 5.41) is 4.57. The lowest BCUT2D eigenvalue weighted by atomic mass is 10.0. The van der Waals surface area contributed by atoms with Crippen LogP contribution in [0.4, 0.5) is 0 Å². The number of nitrogens with one attached hydrogen (secondary N) is 1. The van der Waals surface area contributed by atoms with Crippen LogP contribution in [0, 0.1) is 0 Å². The van der Waals surface area contributed by atoms with E-state index in [0.717, 1.165) is 41.7 Å². The van der Waals surface area contributed by atoms with Gasteiger partial charge in [-0.1, -0.05) is 78.5 Å². The van der Waals surface area contributed by atoms with Gasteiger partial charge in [0.2, 0.25) is 11.8 Å². The molecule has 1 N–H and O–H groups in total. The summed E-state index contributed by atoms with van der Waals surface area (Å²) in [5.74, 6) is 0.488. The van der Waals surface area contributed by atoms with E-state index in [9.17, 15) is 9.59 Å². The lowest BCUT2D eigenvalue weighted by Crippen LogP contribution is -2.52. The van der Waals surface area contributed by atoms with Crippen LogP contribution >= 0.6 is 35.0 Å². The molecule has 0 saturated heterocycles. The van der Waals surface area contributed by atoms with Crippen LogP contribution in [0.3, 0.4) is 0 Å². The first kappa shape index (κ1) is 27.6. The first-order chi connectivity index (χ1) is 18.0. The van der Waals surface area contributed by atoms with Gasteiger partial charge in [0.15, 0.2) is 0 Å². The van der Waals surface area contributed by atoms with Gasteiger partial charge in [-0.25, -0.2) is 0 Å². The van der Waals surface area contributed by atoms with Crippen molar-refractivity contribution in [3.8, 4) is 0 Å². The zero-order chi connectivity index (χ0) is 26.0. The van der Waals surface area contributed by atoms with Crippen LogP contribution < -0.4 is 5.32 Å². The predicted molar refractivity (Wildman–Crippen MR) is 153 cm³/mol. The minimum Gasteiger partial charge on any atom is -0.352 e. The van der Waals surface area contributed by atoms with Gasteiger partial charge in [-0.3, -0.25) is 9.59 Å². The number of benzene rings is 3.